The Hall–Kier alpha value is -2.67. The lowest BCUT2D eigenvalue weighted by atomic mass is 10.0. The van der Waals surface area contributed by atoms with Gasteiger partial charge in [0.1, 0.15) is 0 Å². The van der Waals surface area contributed by atoms with Crippen LogP contribution in [-0.2, 0) is 20.0 Å². The highest BCUT2D eigenvalue weighted by molar-refractivity contribution is 6.28. The molecule has 7 nitrogen and oxygen atoms in total. The van der Waals surface area contributed by atoms with Gasteiger partial charge in [0.15, 0.2) is 0 Å². The van der Waals surface area contributed by atoms with Crippen LogP contribution in [0.15, 0.2) is 30.3 Å². The van der Waals surface area contributed by atoms with E-state index in [9.17, 15) is 4.79 Å². The van der Waals surface area contributed by atoms with Crippen molar-refractivity contribution in [2.24, 2.45) is 7.05 Å². The zero-order valence-electron chi connectivity index (χ0n) is 13.0. The molecule has 0 radical (unpaired) electrons. The summed E-state index contributed by atoms with van der Waals surface area (Å²) in [7, 11) is 1.66. The molecule has 4 rings (SSSR count). The molecule has 1 aromatic carbocycles. The van der Waals surface area contributed by atoms with Gasteiger partial charge in [-0.05, 0) is 11.6 Å². The number of nitrogens with one attached hydrogen (secondary N) is 1. The number of rotatable bonds is 2. The van der Waals surface area contributed by atoms with E-state index in [-0.39, 0.29) is 17.0 Å². The molecule has 0 spiro atoms. The molecular formula is C16H15ClN6O. The fourth-order valence-corrected chi connectivity index (χ4v) is 3.02. The summed E-state index contributed by atoms with van der Waals surface area (Å²) in [4.78, 5) is 18.4. The number of aromatic amines is 1. The third-order valence-corrected chi connectivity index (χ3v) is 4.50. The summed E-state index contributed by atoms with van der Waals surface area (Å²) in [6.07, 6.45) is 0.724. The van der Waals surface area contributed by atoms with Crippen LogP contribution in [-0.4, -0.2) is 42.3 Å². The Balaban J connectivity index is 1.64. The van der Waals surface area contributed by atoms with Gasteiger partial charge in [0.2, 0.25) is 11.1 Å². The summed E-state index contributed by atoms with van der Waals surface area (Å²) in [5, 5.41) is 11.8. The van der Waals surface area contributed by atoms with Crippen LogP contribution in [0.4, 0.5) is 0 Å². The lowest BCUT2D eigenvalue weighted by Crippen LogP contribution is -2.36. The smallest absolute Gasteiger partial charge is 0.293 e. The minimum atomic E-state index is -0.219. The van der Waals surface area contributed by atoms with Crippen molar-refractivity contribution < 1.29 is 4.79 Å². The first kappa shape index (κ1) is 14.9. The third kappa shape index (κ3) is 2.46. The van der Waals surface area contributed by atoms with Crippen molar-refractivity contribution in [2.75, 3.05) is 6.54 Å². The van der Waals surface area contributed by atoms with Crippen LogP contribution >= 0.6 is 11.6 Å². The number of H-pyrrole nitrogens is 1. The molecule has 0 bridgehead atoms. The first-order valence-corrected chi connectivity index (χ1v) is 7.98. The van der Waals surface area contributed by atoms with Crippen LogP contribution in [0.5, 0.6) is 0 Å². The second-order valence-corrected chi connectivity index (χ2v) is 6.04. The molecule has 24 heavy (non-hydrogen) atoms. The summed E-state index contributed by atoms with van der Waals surface area (Å²) in [6.45, 7) is 1.07. The van der Waals surface area contributed by atoms with Crippen molar-refractivity contribution in [3.05, 3.63) is 52.7 Å². The molecule has 2 aromatic heterocycles. The van der Waals surface area contributed by atoms with E-state index in [0.717, 1.165) is 28.9 Å². The highest BCUT2D eigenvalue weighted by atomic mass is 35.5. The largest absolute Gasteiger partial charge is 0.331 e. The zero-order chi connectivity index (χ0) is 16.7. The van der Waals surface area contributed by atoms with Crippen LogP contribution in [0.2, 0.25) is 5.28 Å². The normalized spacial score (nSPS) is 13.8. The van der Waals surface area contributed by atoms with Gasteiger partial charge in [0.05, 0.1) is 12.2 Å². The van der Waals surface area contributed by atoms with E-state index in [1.807, 2.05) is 30.3 Å². The molecule has 0 fully saturated rings. The van der Waals surface area contributed by atoms with Gasteiger partial charge in [-0.25, -0.2) is 4.68 Å². The first-order chi connectivity index (χ1) is 11.6. The lowest BCUT2D eigenvalue weighted by Gasteiger charge is -2.26. The van der Waals surface area contributed by atoms with Crippen molar-refractivity contribution in [3.8, 4) is 11.3 Å². The molecule has 0 atom stereocenters. The monoisotopic (exact) mass is 342 g/mol. The summed E-state index contributed by atoms with van der Waals surface area (Å²) < 4.78 is 1.39. The summed E-state index contributed by atoms with van der Waals surface area (Å²) in [6, 6.07) is 9.94. The Kier molecular flexibility index (Phi) is 3.57. The summed E-state index contributed by atoms with van der Waals surface area (Å²) >= 11 is 5.88. The van der Waals surface area contributed by atoms with Gasteiger partial charge >= 0.3 is 0 Å². The van der Waals surface area contributed by atoms with Crippen molar-refractivity contribution in [2.45, 2.75) is 13.0 Å². The molecule has 3 heterocycles. The van der Waals surface area contributed by atoms with Crippen molar-refractivity contribution in [1.82, 2.24) is 29.9 Å². The predicted molar refractivity (Wildman–Crippen MR) is 88.5 cm³/mol. The Morgan fingerprint density at radius 1 is 1.29 bits per heavy atom. The molecule has 3 aromatic rings. The van der Waals surface area contributed by atoms with Gasteiger partial charge in [-0.3, -0.25) is 9.89 Å². The van der Waals surface area contributed by atoms with Gasteiger partial charge in [-0.2, -0.15) is 10.1 Å². The maximum atomic E-state index is 12.6. The van der Waals surface area contributed by atoms with Gasteiger partial charge in [-0.1, -0.05) is 30.3 Å². The highest BCUT2D eigenvalue weighted by Gasteiger charge is 2.28. The fourth-order valence-electron chi connectivity index (χ4n) is 2.90. The van der Waals surface area contributed by atoms with E-state index in [1.165, 1.54) is 4.68 Å². The Morgan fingerprint density at radius 3 is 2.79 bits per heavy atom. The first-order valence-electron chi connectivity index (χ1n) is 7.61. The number of halogens is 1. The second kappa shape index (κ2) is 5.76. The third-order valence-electron chi connectivity index (χ3n) is 4.17. The number of hydrogen-bond acceptors (Lipinski definition) is 4. The molecule has 0 unspecified atom stereocenters. The van der Waals surface area contributed by atoms with Crippen LogP contribution < -0.4 is 0 Å². The van der Waals surface area contributed by atoms with E-state index in [4.69, 9.17) is 11.6 Å². The zero-order valence-corrected chi connectivity index (χ0v) is 13.8. The number of nitrogens with zero attached hydrogens (tertiary/aromatic N) is 5. The number of aryl methyl sites for hydroxylation is 1. The second-order valence-electron chi connectivity index (χ2n) is 5.70. The van der Waals surface area contributed by atoms with Gasteiger partial charge in [0.25, 0.3) is 5.91 Å². The highest BCUT2D eigenvalue weighted by Crippen LogP contribution is 2.28. The lowest BCUT2D eigenvalue weighted by molar-refractivity contribution is 0.0722. The van der Waals surface area contributed by atoms with Crippen LogP contribution in [0.25, 0.3) is 11.3 Å². The summed E-state index contributed by atoms with van der Waals surface area (Å²) in [5.41, 5.74) is 4.03. The quantitative estimate of drug-likeness (QED) is 0.773. The topological polar surface area (TPSA) is 79.7 Å². The van der Waals surface area contributed by atoms with Crippen molar-refractivity contribution in [3.63, 3.8) is 0 Å². The molecule has 1 amide bonds. The SMILES string of the molecule is Cn1nc(C(=O)N2CCc3[nH]nc(-c4ccccc4)c3C2)nc1Cl. The molecule has 8 heteroatoms. The van der Waals surface area contributed by atoms with E-state index >= 15 is 0 Å². The molecule has 0 aliphatic carbocycles. The number of aromatic nitrogens is 5. The van der Waals surface area contributed by atoms with E-state index in [0.29, 0.717) is 13.1 Å². The predicted octanol–water partition coefficient (Wildman–Crippen LogP) is 2.06. The van der Waals surface area contributed by atoms with E-state index in [2.05, 4.69) is 20.3 Å². The van der Waals surface area contributed by atoms with E-state index in [1.54, 1.807) is 11.9 Å². The molecule has 122 valence electrons. The number of carbonyl (C=O) groups is 1. The standard InChI is InChI=1S/C16H15ClN6O/c1-22-16(17)18-14(21-22)15(24)23-8-7-12-11(9-23)13(20-19-12)10-5-3-2-4-6-10/h2-6H,7-9H2,1H3,(H,19,20). The molecule has 0 saturated heterocycles. The Labute approximate surface area is 143 Å². The van der Waals surface area contributed by atoms with Crippen LogP contribution in [0.3, 0.4) is 0 Å². The minimum Gasteiger partial charge on any atom is -0.331 e. The number of hydrogen-bond donors (Lipinski definition) is 1. The number of fused-ring (bicyclic) bond motifs is 1. The van der Waals surface area contributed by atoms with Gasteiger partial charge < -0.3 is 4.90 Å². The fraction of sp³-hybridized carbons (Fsp3) is 0.250. The molecule has 1 aliphatic heterocycles. The number of benzene rings is 1. The Morgan fingerprint density at radius 2 is 2.08 bits per heavy atom. The number of amides is 1. The van der Waals surface area contributed by atoms with Crippen LogP contribution in [0, 0.1) is 0 Å². The Bertz CT molecular complexity index is 881. The maximum Gasteiger partial charge on any atom is 0.293 e. The minimum absolute atomic E-state index is 0.121. The van der Waals surface area contributed by atoms with Crippen LogP contribution in [0.1, 0.15) is 21.9 Å². The molecule has 1 N–H and O–H groups in total. The average Bonchev–Trinajstić information content (AvgIpc) is 3.18. The molecule has 1 aliphatic rings. The molecular weight excluding hydrogens is 328 g/mol. The number of carbonyl (C=O) groups excluding carboxylic acids is 1. The van der Waals surface area contributed by atoms with E-state index < -0.39 is 0 Å². The molecule has 0 saturated carbocycles. The maximum absolute atomic E-state index is 12.6. The van der Waals surface area contributed by atoms with Crippen molar-refractivity contribution >= 4 is 17.5 Å². The van der Waals surface area contributed by atoms with Gasteiger partial charge in [0, 0.05) is 36.8 Å². The van der Waals surface area contributed by atoms with Crippen molar-refractivity contribution in [1.29, 1.82) is 0 Å². The average molecular weight is 343 g/mol. The van der Waals surface area contributed by atoms with Gasteiger partial charge in [-0.15, -0.1) is 5.10 Å². The summed E-state index contributed by atoms with van der Waals surface area (Å²) in [5.74, 6) is -0.0981.